The Bertz CT molecular complexity index is 449. The molecule has 100 valence electrons. The van der Waals surface area contributed by atoms with Crippen molar-refractivity contribution in [2.75, 3.05) is 0 Å². The maximum Gasteiger partial charge on any atom is 0.150 e. The maximum absolute atomic E-state index is 10.7. The zero-order valence-electron chi connectivity index (χ0n) is 11.1. The molecule has 0 heterocycles. The van der Waals surface area contributed by atoms with Crippen molar-refractivity contribution in [1.29, 1.82) is 0 Å². The number of aldehydes is 1. The SMILES string of the molecule is O=Cc1ccc(OC2C3CC4CC(C3)CC2C4)cc1. The Morgan fingerprint density at radius 2 is 1.47 bits per heavy atom. The molecule has 0 aromatic heterocycles. The molecule has 0 spiro atoms. The summed E-state index contributed by atoms with van der Waals surface area (Å²) in [4.78, 5) is 10.7. The van der Waals surface area contributed by atoms with Gasteiger partial charge in [-0.3, -0.25) is 4.79 Å². The fourth-order valence-electron chi connectivity index (χ4n) is 4.85. The number of carbonyl (C=O) groups is 1. The van der Waals surface area contributed by atoms with E-state index >= 15 is 0 Å². The van der Waals surface area contributed by atoms with Crippen LogP contribution in [0.25, 0.3) is 0 Å². The molecule has 4 bridgehead atoms. The fourth-order valence-corrected chi connectivity index (χ4v) is 4.85. The highest BCUT2D eigenvalue weighted by Gasteiger charge is 2.49. The fraction of sp³-hybridized carbons (Fsp3) is 0.588. The van der Waals surface area contributed by atoms with Crippen molar-refractivity contribution >= 4 is 6.29 Å². The molecule has 4 aliphatic rings. The van der Waals surface area contributed by atoms with Gasteiger partial charge in [-0.2, -0.15) is 0 Å². The normalized spacial score (nSPS) is 39.3. The number of ether oxygens (including phenoxy) is 1. The van der Waals surface area contributed by atoms with Crippen LogP contribution < -0.4 is 4.74 Å². The van der Waals surface area contributed by atoms with Crippen LogP contribution in [0.4, 0.5) is 0 Å². The molecule has 19 heavy (non-hydrogen) atoms. The molecule has 2 nitrogen and oxygen atoms in total. The Balaban J connectivity index is 1.51. The van der Waals surface area contributed by atoms with Gasteiger partial charge in [-0.25, -0.2) is 0 Å². The highest BCUT2D eigenvalue weighted by molar-refractivity contribution is 5.74. The van der Waals surface area contributed by atoms with Crippen LogP contribution >= 0.6 is 0 Å². The van der Waals surface area contributed by atoms with Gasteiger partial charge < -0.3 is 4.74 Å². The third-order valence-electron chi connectivity index (χ3n) is 5.43. The Morgan fingerprint density at radius 1 is 0.895 bits per heavy atom. The van der Waals surface area contributed by atoms with Crippen LogP contribution in [0.3, 0.4) is 0 Å². The molecule has 4 aliphatic carbocycles. The molecule has 0 radical (unpaired) electrons. The lowest BCUT2D eigenvalue weighted by Gasteiger charge is -2.53. The third kappa shape index (κ3) is 1.98. The van der Waals surface area contributed by atoms with Gasteiger partial charge in [-0.1, -0.05) is 0 Å². The van der Waals surface area contributed by atoms with E-state index in [2.05, 4.69) is 0 Å². The van der Waals surface area contributed by atoms with E-state index in [0.717, 1.165) is 41.3 Å². The lowest BCUT2D eigenvalue weighted by molar-refractivity contribution is -0.0789. The highest BCUT2D eigenvalue weighted by atomic mass is 16.5. The lowest BCUT2D eigenvalue weighted by atomic mass is 9.55. The predicted molar refractivity (Wildman–Crippen MR) is 73.3 cm³/mol. The molecule has 1 aromatic carbocycles. The first kappa shape index (κ1) is 11.5. The smallest absolute Gasteiger partial charge is 0.150 e. The van der Waals surface area contributed by atoms with Crippen LogP contribution in [0.15, 0.2) is 24.3 Å². The molecule has 4 fully saturated rings. The minimum absolute atomic E-state index is 0.426. The lowest BCUT2D eigenvalue weighted by Crippen LogP contribution is -2.50. The van der Waals surface area contributed by atoms with Gasteiger partial charge in [-0.05, 0) is 80.0 Å². The Morgan fingerprint density at radius 3 is 2.00 bits per heavy atom. The molecular formula is C17H20O2. The van der Waals surface area contributed by atoms with E-state index in [4.69, 9.17) is 4.74 Å². The maximum atomic E-state index is 10.7. The second kappa shape index (κ2) is 4.36. The van der Waals surface area contributed by atoms with Gasteiger partial charge >= 0.3 is 0 Å². The summed E-state index contributed by atoms with van der Waals surface area (Å²) in [6, 6.07) is 7.57. The van der Waals surface area contributed by atoms with E-state index in [1.165, 1.54) is 32.1 Å². The van der Waals surface area contributed by atoms with Crippen molar-refractivity contribution in [3.05, 3.63) is 29.8 Å². The molecule has 5 rings (SSSR count). The Labute approximate surface area is 114 Å². The minimum Gasteiger partial charge on any atom is -0.490 e. The second-order valence-electron chi connectivity index (χ2n) is 6.70. The van der Waals surface area contributed by atoms with Crippen LogP contribution in [-0.4, -0.2) is 12.4 Å². The number of carbonyl (C=O) groups excluding carboxylic acids is 1. The molecule has 0 atom stereocenters. The molecule has 0 aliphatic heterocycles. The molecule has 1 aromatic rings. The molecule has 0 N–H and O–H groups in total. The Hall–Kier alpha value is -1.31. The first-order valence-electron chi connectivity index (χ1n) is 7.53. The van der Waals surface area contributed by atoms with Crippen molar-refractivity contribution in [3.63, 3.8) is 0 Å². The summed E-state index contributed by atoms with van der Waals surface area (Å²) in [6.07, 6.45) is 8.30. The molecular weight excluding hydrogens is 236 g/mol. The summed E-state index contributed by atoms with van der Waals surface area (Å²) >= 11 is 0. The predicted octanol–water partition coefficient (Wildman–Crippen LogP) is 3.70. The van der Waals surface area contributed by atoms with Crippen molar-refractivity contribution in [3.8, 4) is 5.75 Å². The van der Waals surface area contributed by atoms with Crippen LogP contribution in [0.5, 0.6) is 5.75 Å². The van der Waals surface area contributed by atoms with Crippen molar-refractivity contribution in [2.45, 2.75) is 38.2 Å². The quantitative estimate of drug-likeness (QED) is 0.771. The second-order valence-corrected chi connectivity index (χ2v) is 6.70. The number of hydrogen-bond acceptors (Lipinski definition) is 2. The van der Waals surface area contributed by atoms with Crippen LogP contribution in [0, 0.1) is 23.7 Å². The molecule has 0 amide bonds. The van der Waals surface area contributed by atoms with E-state index in [9.17, 15) is 4.79 Å². The van der Waals surface area contributed by atoms with Gasteiger partial charge in [-0.15, -0.1) is 0 Å². The average Bonchev–Trinajstić information content (AvgIpc) is 2.43. The van der Waals surface area contributed by atoms with Crippen molar-refractivity contribution in [1.82, 2.24) is 0 Å². The van der Waals surface area contributed by atoms with E-state index in [-0.39, 0.29) is 0 Å². The van der Waals surface area contributed by atoms with Crippen LogP contribution in [0.2, 0.25) is 0 Å². The standard InChI is InChI=1S/C17H20O2/c18-10-11-1-3-16(4-2-11)19-17-14-6-12-5-13(8-14)9-15(17)7-12/h1-4,10,12-15,17H,5-9H2. The van der Waals surface area contributed by atoms with E-state index in [0.29, 0.717) is 6.10 Å². The average molecular weight is 256 g/mol. The van der Waals surface area contributed by atoms with E-state index in [1.54, 1.807) is 0 Å². The van der Waals surface area contributed by atoms with Crippen molar-refractivity contribution < 1.29 is 9.53 Å². The van der Waals surface area contributed by atoms with Gasteiger partial charge in [0.05, 0.1) is 0 Å². The largest absolute Gasteiger partial charge is 0.490 e. The van der Waals surface area contributed by atoms with Gasteiger partial charge in [0, 0.05) is 5.56 Å². The van der Waals surface area contributed by atoms with Crippen LogP contribution in [-0.2, 0) is 0 Å². The summed E-state index contributed by atoms with van der Waals surface area (Å²) in [6.45, 7) is 0. The monoisotopic (exact) mass is 256 g/mol. The zero-order chi connectivity index (χ0) is 12.8. The number of rotatable bonds is 3. The summed E-state index contributed by atoms with van der Waals surface area (Å²) in [5.74, 6) is 4.46. The first-order chi connectivity index (χ1) is 9.31. The van der Waals surface area contributed by atoms with Gasteiger partial charge in [0.2, 0.25) is 0 Å². The van der Waals surface area contributed by atoms with Gasteiger partial charge in [0.25, 0.3) is 0 Å². The van der Waals surface area contributed by atoms with E-state index in [1.807, 2.05) is 24.3 Å². The number of hydrogen-bond donors (Lipinski definition) is 0. The summed E-state index contributed by atoms with van der Waals surface area (Å²) < 4.78 is 6.27. The summed E-state index contributed by atoms with van der Waals surface area (Å²) in [5, 5.41) is 0. The molecule has 2 heteroatoms. The highest BCUT2D eigenvalue weighted by Crippen LogP contribution is 2.54. The minimum atomic E-state index is 0.426. The molecule has 4 saturated carbocycles. The number of benzene rings is 1. The van der Waals surface area contributed by atoms with E-state index < -0.39 is 0 Å². The zero-order valence-corrected chi connectivity index (χ0v) is 11.1. The summed E-state index contributed by atoms with van der Waals surface area (Å²) in [7, 11) is 0. The van der Waals surface area contributed by atoms with Gasteiger partial charge in [0.15, 0.2) is 0 Å². The molecule has 0 saturated heterocycles. The third-order valence-corrected chi connectivity index (χ3v) is 5.43. The van der Waals surface area contributed by atoms with Crippen LogP contribution in [0.1, 0.15) is 42.5 Å². The van der Waals surface area contributed by atoms with Crippen molar-refractivity contribution in [2.24, 2.45) is 23.7 Å². The Kier molecular flexibility index (Phi) is 2.64. The van der Waals surface area contributed by atoms with Gasteiger partial charge in [0.1, 0.15) is 18.1 Å². The summed E-state index contributed by atoms with van der Waals surface area (Å²) in [5.41, 5.74) is 0.720. The topological polar surface area (TPSA) is 26.3 Å². The molecule has 0 unspecified atom stereocenters. The first-order valence-corrected chi connectivity index (χ1v) is 7.53.